The van der Waals surface area contributed by atoms with Gasteiger partial charge in [-0.1, -0.05) is 11.6 Å². The van der Waals surface area contributed by atoms with Crippen LogP contribution >= 0.6 is 11.6 Å². The van der Waals surface area contributed by atoms with Crippen molar-refractivity contribution in [3.05, 3.63) is 39.6 Å². The third-order valence-electron chi connectivity index (χ3n) is 3.74. The molecule has 0 saturated carbocycles. The van der Waals surface area contributed by atoms with E-state index in [4.69, 9.17) is 16.7 Å². The van der Waals surface area contributed by atoms with E-state index in [0.717, 1.165) is 12.0 Å². The highest BCUT2D eigenvalue weighted by molar-refractivity contribution is 6.33. The average Bonchev–Trinajstić information content (AvgIpc) is 2.91. The number of esters is 1. The van der Waals surface area contributed by atoms with E-state index in [1.807, 2.05) is 0 Å². The normalized spacial score (nSPS) is 14.4. The highest BCUT2D eigenvalue weighted by atomic mass is 35.5. The van der Waals surface area contributed by atoms with Gasteiger partial charge in [0.15, 0.2) is 0 Å². The van der Waals surface area contributed by atoms with Crippen LogP contribution in [0.5, 0.6) is 0 Å². The monoisotopic (exact) mass is 403 g/mol. The first kappa shape index (κ1) is 20.5. The molecule has 1 aromatic rings. The fraction of sp³-hybridized carbons (Fsp3) is 0.312. The zero-order valence-corrected chi connectivity index (χ0v) is 14.6. The molecule has 0 aliphatic carbocycles. The van der Waals surface area contributed by atoms with Crippen molar-refractivity contribution in [2.75, 3.05) is 32.1 Å². The van der Waals surface area contributed by atoms with E-state index in [-0.39, 0.29) is 36.7 Å². The molecule has 11 heteroatoms. The summed E-state index contributed by atoms with van der Waals surface area (Å²) in [5.74, 6) is -1.53. The predicted octanol–water partition coefficient (Wildman–Crippen LogP) is 1.90. The summed E-state index contributed by atoms with van der Waals surface area (Å²) < 4.78 is 43.3. The maximum absolute atomic E-state index is 12.9. The van der Waals surface area contributed by atoms with Gasteiger partial charge in [-0.05, 0) is 12.1 Å². The number of hydrogen-bond donors (Lipinski definition) is 2. The molecule has 1 aliphatic rings. The van der Waals surface area contributed by atoms with Gasteiger partial charge in [0, 0.05) is 6.54 Å². The number of anilines is 1. The number of carbonyl (C=O) groups excluding carboxylic acids is 2. The molecule has 7 nitrogen and oxygen atoms in total. The first-order chi connectivity index (χ1) is 12.6. The van der Waals surface area contributed by atoms with Crippen LogP contribution in [0.15, 0.2) is 23.4 Å². The smallest absolute Gasteiger partial charge is 0.416 e. The minimum Gasteiger partial charge on any atom is -0.466 e. The van der Waals surface area contributed by atoms with Gasteiger partial charge in [-0.25, -0.2) is 4.79 Å². The van der Waals surface area contributed by atoms with Crippen LogP contribution in [-0.2, 0) is 20.5 Å². The van der Waals surface area contributed by atoms with Crippen LogP contribution in [0, 0.1) is 11.3 Å². The van der Waals surface area contributed by atoms with E-state index >= 15 is 0 Å². The van der Waals surface area contributed by atoms with E-state index in [2.05, 4.69) is 10.1 Å². The third kappa shape index (κ3) is 4.15. The number of benzene rings is 1. The van der Waals surface area contributed by atoms with Gasteiger partial charge < -0.3 is 20.1 Å². The van der Waals surface area contributed by atoms with Crippen LogP contribution in [0.25, 0.3) is 0 Å². The molecule has 0 radical (unpaired) electrons. The Morgan fingerprint density at radius 3 is 2.67 bits per heavy atom. The standard InChI is InChI=1S/C16H13ClF3N3O4/c1-27-15(26)10-7-23(2-3-24)14(25)13(10)22-12-8(6-21)4-9(5-11(12)17)16(18,19)20/h4-5,22,24H,2-3,7H2,1H3. The van der Waals surface area contributed by atoms with Crippen LogP contribution in [0.4, 0.5) is 18.9 Å². The fourth-order valence-electron chi connectivity index (χ4n) is 2.46. The molecule has 0 atom stereocenters. The Labute approximate surface area is 156 Å². The molecule has 0 fully saturated rings. The Bertz CT molecular complexity index is 862. The molecule has 144 valence electrons. The summed E-state index contributed by atoms with van der Waals surface area (Å²) in [6.45, 7) is -0.608. The van der Waals surface area contributed by atoms with Crippen molar-refractivity contribution in [2.24, 2.45) is 0 Å². The molecule has 0 saturated heterocycles. The number of nitriles is 1. The first-order valence-electron chi connectivity index (χ1n) is 7.43. The number of alkyl halides is 3. The second kappa shape index (κ2) is 7.85. The van der Waals surface area contributed by atoms with Gasteiger partial charge in [-0.2, -0.15) is 18.4 Å². The maximum atomic E-state index is 12.9. The van der Waals surface area contributed by atoms with Gasteiger partial charge in [0.25, 0.3) is 5.91 Å². The molecule has 1 amide bonds. The van der Waals surface area contributed by atoms with E-state index < -0.39 is 34.2 Å². The molecule has 1 aliphatic heterocycles. The van der Waals surface area contributed by atoms with Crippen molar-refractivity contribution in [1.82, 2.24) is 4.90 Å². The second-order valence-electron chi connectivity index (χ2n) is 5.41. The van der Waals surface area contributed by atoms with Gasteiger partial charge in [0.1, 0.15) is 11.8 Å². The number of methoxy groups -OCH3 is 1. The van der Waals surface area contributed by atoms with Crippen LogP contribution in [-0.4, -0.2) is 48.7 Å². The highest BCUT2D eigenvalue weighted by Gasteiger charge is 2.36. The molecule has 1 heterocycles. The first-order valence-corrected chi connectivity index (χ1v) is 7.81. The Balaban J connectivity index is 2.51. The number of aliphatic hydroxyl groups excluding tert-OH is 1. The number of halogens is 4. The van der Waals surface area contributed by atoms with E-state index in [1.54, 1.807) is 6.07 Å². The topological polar surface area (TPSA) is 103 Å². The lowest BCUT2D eigenvalue weighted by atomic mass is 10.1. The van der Waals surface area contributed by atoms with Gasteiger partial charge in [-0.15, -0.1) is 0 Å². The van der Waals surface area contributed by atoms with E-state index in [1.165, 1.54) is 0 Å². The maximum Gasteiger partial charge on any atom is 0.416 e. The number of aliphatic hydroxyl groups is 1. The van der Waals surface area contributed by atoms with Crippen LogP contribution in [0.3, 0.4) is 0 Å². The lowest BCUT2D eigenvalue weighted by Crippen LogP contribution is -2.31. The zero-order valence-electron chi connectivity index (χ0n) is 13.9. The molecule has 0 spiro atoms. The van der Waals surface area contributed by atoms with Crippen LogP contribution in [0.2, 0.25) is 5.02 Å². The summed E-state index contributed by atoms with van der Waals surface area (Å²) in [4.78, 5) is 25.5. The number of β-amino-alcohol motifs (C(OH)–C–C–N with tert-alkyl or cyclic N) is 1. The summed E-state index contributed by atoms with van der Waals surface area (Å²) in [6, 6.07) is 2.77. The molecule has 2 rings (SSSR count). The molecule has 0 aromatic heterocycles. The van der Waals surface area contributed by atoms with Crippen molar-refractivity contribution in [1.29, 1.82) is 5.26 Å². The number of nitrogens with one attached hydrogen (secondary N) is 1. The summed E-state index contributed by atoms with van der Waals surface area (Å²) >= 11 is 5.89. The number of amides is 1. The van der Waals surface area contributed by atoms with Gasteiger partial charge in [-0.3, -0.25) is 4.79 Å². The molecule has 1 aromatic carbocycles. The van der Waals surface area contributed by atoms with Crippen molar-refractivity contribution < 1.29 is 32.6 Å². The largest absolute Gasteiger partial charge is 0.466 e. The molecular weight excluding hydrogens is 391 g/mol. The fourth-order valence-corrected chi connectivity index (χ4v) is 2.73. The summed E-state index contributed by atoms with van der Waals surface area (Å²) in [7, 11) is 1.10. The Kier molecular flexibility index (Phi) is 5.98. The zero-order chi connectivity index (χ0) is 20.4. The van der Waals surface area contributed by atoms with E-state index in [9.17, 15) is 28.0 Å². The number of rotatable bonds is 5. The lowest BCUT2D eigenvalue weighted by Gasteiger charge is -2.16. The van der Waals surface area contributed by atoms with Crippen LogP contribution < -0.4 is 5.32 Å². The predicted molar refractivity (Wildman–Crippen MR) is 87.5 cm³/mol. The molecule has 0 unspecified atom stereocenters. The number of hydrogen-bond acceptors (Lipinski definition) is 6. The summed E-state index contributed by atoms with van der Waals surface area (Å²) in [6.07, 6.45) is -4.72. The molecular formula is C16H13ClF3N3O4. The minimum atomic E-state index is -4.72. The van der Waals surface area contributed by atoms with Gasteiger partial charge in [0.05, 0.1) is 47.7 Å². The third-order valence-corrected chi connectivity index (χ3v) is 4.04. The second-order valence-corrected chi connectivity index (χ2v) is 5.82. The summed E-state index contributed by atoms with van der Waals surface area (Å²) in [5, 5.41) is 20.2. The van der Waals surface area contributed by atoms with Crippen molar-refractivity contribution in [3.63, 3.8) is 0 Å². The number of ether oxygens (including phenoxy) is 1. The van der Waals surface area contributed by atoms with Gasteiger partial charge in [0.2, 0.25) is 0 Å². The lowest BCUT2D eigenvalue weighted by molar-refractivity contribution is -0.138. The number of carbonyl (C=O) groups is 2. The molecule has 2 N–H and O–H groups in total. The van der Waals surface area contributed by atoms with Crippen molar-refractivity contribution in [3.8, 4) is 6.07 Å². The Morgan fingerprint density at radius 1 is 1.48 bits per heavy atom. The Hall–Kier alpha value is -2.77. The average molecular weight is 404 g/mol. The van der Waals surface area contributed by atoms with E-state index in [0.29, 0.717) is 12.1 Å². The SMILES string of the molecule is COC(=O)C1=C(Nc2c(Cl)cc(C(F)(F)F)cc2C#N)C(=O)N(CCO)C1. The minimum absolute atomic E-state index is 0.0731. The highest BCUT2D eigenvalue weighted by Crippen LogP contribution is 2.37. The number of nitrogens with zero attached hydrogens (tertiary/aromatic N) is 2. The quantitative estimate of drug-likeness (QED) is 0.728. The van der Waals surface area contributed by atoms with Crippen LogP contribution in [0.1, 0.15) is 11.1 Å². The van der Waals surface area contributed by atoms with Gasteiger partial charge >= 0.3 is 12.1 Å². The summed E-state index contributed by atoms with van der Waals surface area (Å²) in [5.41, 5.74) is -2.22. The van der Waals surface area contributed by atoms with Crippen molar-refractivity contribution >= 4 is 29.2 Å². The van der Waals surface area contributed by atoms with Crippen molar-refractivity contribution in [2.45, 2.75) is 6.18 Å². The Morgan fingerprint density at radius 2 is 2.15 bits per heavy atom. The molecule has 27 heavy (non-hydrogen) atoms. The molecule has 0 bridgehead atoms.